The van der Waals surface area contributed by atoms with E-state index in [1.807, 2.05) is 0 Å². The van der Waals surface area contributed by atoms with E-state index < -0.39 is 13.9 Å². The van der Waals surface area contributed by atoms with E-state index in [1.165, 1.54) is 0 Å². The highest BCUT2D eigenvalue weighted by atomic mass is 31.2. The van der Waals surface area contributed by atoms with Crippen LogP contribution < -0.4 is 0 Å². The Morgan fingerprint density at radius 1 is 1.67 bits per heavy atom. The minimum Gasteiger partial charge on any atom is -0.345 e. The molecule has 0 heterocycles. The second-order valence-corrected chi connectivity index (χ2v) is 2.02. The van der Waals surface area contributed by atoms with E-state index in [4.69, 9.17) is 9.79 Å². The largest absolute Gasteiger partial charge is 0.345 e. The maximum Gasteiger partial charge on any atom is 0.237 e. The fourth-order valence-electron chi connectivity index (χ4n) is 0. The molecule has 6 heavy (non-hydrogen) atoms. The van der Waals surface area contributed by atoms with Crippen molar-refractivity contribution in [3.63, 3.8) is 0 Å². The van der Waals surface area contributed by atoms with Crippen LogP contribution in [0.2, 0.25) is 0 Å². The van der Waals surface area contributed by atoms with Gasteiger partial charge in [-0.25, -0.2) is 0 Å². The predicted molar refractivity (Wildman–Crippen MR) is 22.0 cm³/mol. The Hall–Kier alpha value is 0.0200. The lowest BCUT2D eigenvalue weighted by Gasteiger charge is -1.88. The van der Waals surface area contributed by atoms with E-state index in [-0.39, 0.29) is 0 Å². The summed E-state index contributed by atoms with van der Waals surface area (Å²) < 4.78 is 0. The van der Waals surface area contributed by atoms with Crippen LogP contribution in [0.25, 0.3) is 0 Å². The third-order valence-electron chi connectivity index (χ3n) is 0.282. The average molecular weight is 108 g/mol. The van der Waals surface area contributed by atoms with Crippen LogP contribution in [0.5, 0.6) is 0 Å². The van der Waals surface area contributed by atoms with Gasteiger partial charge in [0.05, 0.1) is 0 Å². The molecule has 0 amide bonds. The van der Waals surface area contributed by atoms with Gasteiger partial charge in [0.25, 0.3) is 0 Å². The van der Waals surface area contributed by atoms with Gasteiger partial charge in [0.15, 0.2) is 0 Å². The number of rotatable bonds is 1. The van der Waals surface area contributed by atoms with Crippen LogP contribution in [0.15, 0.2) is 0 Å². The second-order valence-electron chi connectivity index (χ2n) is 0.808. The summed E-state index contributed by atoms with van der Waals surface area (Å²) in [5.41, 5.74) is -0.565. The molecule has 36 valence electrons. The summed E-state index contributed by atoms with van der Waals surface area (Å²) >= 11 is 0. The standard InChI is InChI=1S/C2H5O3P/c1-2(3)6(4)5/h4-5H,1H3. The van der Waals surface area contributed by atoms with E-state index in [9.17, 15) is 4.79 Å². The predicted octanol–water partition coefficient (Wildman–Crippen LogP) is -0.171. The SMILES string of the molecule is CC(=O)P(O)O. The van der Waals surface area contributed by atoms with Crippen molar-refractivity contribution in [3.05, 3.63) is 0 Å². The molecule has 0 aromatic rings. The Kier molecular flexibility index (Phi) is 2.25. The third-order valence-corrected chi connectivity index (χ3v) is 0.845. The maximum absolute atomic E-state index is 9.67. The molecule has 0 atom stereocenters. The first-order valence-electron chi connectivity index (χ1n) is 1.33. The number of hydrogen-bond acceptors (Lipinski definition) is 3. The fraction of sp³-hybridized carbons (Fsp3) is 0.500. The third kappa shape index (κ3) is 2.27. The summed E-state index contributed by atoms with van der Waals surface area (Å²) in [6, 6.07) is 0. The molecule has 0 fully saturated rings. The second kappa shape index (κ2) is 2.24. The Bertz CT molecular complexity index is 59.8. The Morgan fingerprint density at radius 2 is 1.83 bits per heavy atom. The van der Waals surface area contributed by atoms with Gasteiger partial charge in [-0.15, -0.1) is 0 Å². The van der Waals surface area contributed by atoms with Crippen LogP contribution in [0.4, 0.5) is 0 Å². The fourth-order valence-corrected chi connectivity index (χ4v) is 0. The van der Waals surface area contributed by atoms with Crippen LogP contribution in [-0.4, -0.2) is 15.3 Å². The highest BCUT2D eigenvalue weighted by Crippen LogP contribution is 2.22. The van der Waals surface area contributed by atoms with Gasteiger partial charge in [0.1, 0.15) is 0 Å². The average Bonchev–Trinajstić information content (AvgIpc) is 1.36. The van der Waals surface area contributed by atoms with Gasteiger partial charge in [0, 0.05) is 6.92 Å². The quantitative estimate of drug-likeness (QED) is 0.458. The van der Waals surface area contributed by atoms with Gasteiger partial charge in [-0.05, 0) is 0 Å². The van der Waals surface area contributed by atoms with Crippen LogP contribution >= 0.6 is 8.38 Å². The Labute approximate surface area is 36.5 Å². The van der Waals surface area contributed by atoms with Crippen molar-refractivity contribution >= 4 is 13.9 Å². The van der Waals surface area contributed by atoms with Gasteiger partial charge in [0.2, 0.25) is 13.9 Å². The van der Waals surface area contributed by atoms with E-state index in [1.54, 1.807) is 0 Å². The highest BCUT2D eigenvalue weighted by Gasteiger charge is 2.01. The van der Waals surface area contributed by atoms with Crippen molar-refractivity contribution < 1.29 is 14.6 Å². The summed E-state index contributed by atoms with van der Waals surface area (Å²) in [5, 5.41) is 0. The molecule has 0 aliphatic heterocycles. The van der Waals surface area contributed by atoms with Crippen molar-refractivity contribution in [3.8, 4) is 0 Å². The van der Waals surface area contributed by atoms with Crippen molar-refractivity contribution in [2.75, 3.05) is 0 Å². The number of hydrogen-bond donors (Lipinski definition) is 2. The molecule has 0 saturated heterocycles. The minimum atomic E-state index is -2.30. The maximum atomic E-state index is 9.67. The van der Waals surface area contributed by atoms with Gasteiger partial charge in [-0.2, -0.15) is 0 Å². The Morgan fingerprint density at radius 3 is 1.83 bits per heavy atom. The van der Waals surface area contributed by atoms with E-state index in [0.717, 1.165) is 6.92 Å². The molecule has 0 unspecified atom stereocenters. The molecule has 0 rings (SSSR count). The molecule has 0 radical (unpaired) electrons. The molecule has 0 aliphatic carbocycles. The zero-order chi connectivity index (χ0) is 5.15. The molecule has 0 aromatic carbocycles. The zero-order valence-electron chi connectivity index (χ0n) is 3.25. The lowest BCUT2D eigenvalue weighted by Crippen LogP contribution is -1.82. The van der Waals surface area contributed by atoms with Crippen molar-refractivity contribution in [1.82, 2.24) is 0 Å². The highest BCUT2D eigenvalue weighted by molar-refractivity contribution is 7.64. The zero-order valence-corrected chi connectivity index (χ0v) is 4.14. The summed E-state index contributed by atoms with van der Waals surface area (Å²) in [7, 11) is -2.30. The number of carbonyl (C=O) groups excluding carboxylic acids is 1. The van der Waals surface area contributed by atoms with Gasteiger partial charge < -0.3 is 9.79 Å². The normalized spacial score (nSPS) is 9.33. The molecule has 4 heteroatoms. The molecule has 0 spiro atoms. The molecular formula is C2H5O3P. The first kappa shape index (κ1) is 6.02. The van der Waals surface area contributed by atoms with Crippen LogP contribution in [-0.2, 0) is 4.79 Å². The first-order chi connectivity index (χ1) is 2.64. The molecule has 0 bridgehead atoms. The lowest BCUT2D eigenvalue weighted by molar-refractivity contribution is -0.110. The monoisotopic (exact) mass is 108 g/mol. The molecule has 0 aliphatic rings. The van der Waals surface area contributed by atoms with Crippen molar-refractivity contribution in [2.45, 2.75) is 6.92 Å². The van der Waals surface area contributed by atoms with Crippen LogP contribution in [0, 0.1) is 0 Å². The first-order valence-corrected chi connectivity index (χ1v) is 2.57. The smallest absolute Gasteiger partial charge is 0.237 e. The summed E-state index contributed by atoms with van der Waals surface area (Å²) in [4.78, 5) is 25.5. The van der Waals surface area contributed by atoms with Gasteiger partial charge in [-0.1, -0.05) is 0 Å². The molecule has 3 nitrogen and oxygen atoms in total. The van der Waals surface area contributed by atoms with Gasteiger partial charge in [-0.3, -0.25) is 4.79 Å². The van der Waals surface area contributed by atoms with Gasteiger partial charge >= 0.3 is 0 Å². The summed E-state index contributed by atoms with van der Waals surface area (Å²) in [5.74, 6) is 0. The van der Waals surface area contributed by atoms with Crippen molar-refractivity contribution in [2.24, 2.45) is 0 Å². The summed E-state index contributed by atoms with van der Waals surface area (Å²) in [6.45, 7) is 1.13. The minimum absolute atomic E-state index is 0.565. The lowest BCUT2D eigenvalue weighted by atomic mass is 10.9. The van der Waals surface area contributed by atoms with E-state index in [2.05, 4.69) is 0 Å². The van der Waals surface area contributed by atoms with Crippen LogP contribution in [0.1, 0.15) is 6.92 Å². The number of carbonyl (C=O) groups is 1. The molecule has 0 aromatic heterocycles. The van der Waals surface area contributed by atoms with Crippen molar-refractivity contribution in [1.29, 1.82) is 0 Å². The Balaban J connectivity index is 3.26. The van der Waals surface area contributed by atoms with E-state index in [0.29, 0.717) is 0 Å². The molecular weight excluding hydrogens is 103 g/mol. The summed E-state index contributed by atoms with van der Waals surface area (Å²) in [6.07, 6.45) is 0. The topological polar surface area (TPSA) is 57.5 Å². The molecule has 2 N–H and O–H groups in total. The van der Waals surface area contributed by atoms with Crippen LogP contribution in [0.3, 0.4) is 0 Å². The molecule has 0 saturated carbocycles. The van der Waals surface area contributed by atoms with E-state index >= 15 is 0 Å².